The van der Waals surface area contributed by atoms with E-state index in [0.29, 0.717) is 29.8 Å². The third-order valence-electron chi connectivity index (χ3n) is 6.71. The number of rotatable bonds is 9. The summed E-state index contributed by atoms with van der Waals surface area (Å²) in [4.78, 5) is 60.3. The number of oxime groups is 1. The maximum Gasteiger partial charge on any atom is 0.471 e. The molecule has 1 saturated heterocycles. The summed E-state index contributed by atoms with van der Waals surface area (Å²) in [6, 6.07) is 4.25. The molecule has 12 nitrogen and oxygen atoms in total. The molecule has 3 amide bonds. The third-order valence-corrected chi connectivity index (χ3v) is 8.81. The molecule has 2 atom stereocenters. The number of nitrogens with one attached hydrogen (secondary N) is 2. The Kier molecular flexibility index (Phi) is 8.49. The first-order valence-electron chi connectivity index (χ1n) is 12.7. The van der Waals surface area contributed by atoms with Crippen molar-refractivity contribution in [3.8, 4) is 0 Å². The van der Waals surface area contributed by atoms with Crippen LogP contribution in [0, 0.1) is 0 Å². The zero-order valence-corrected chi connectivity index (χ0v) is 23.3. The molecular weight excluding hydrogens is 601 g/mol. The number of carbonyl (C=O) groups excluding carboxylic acids is 4. The Morgan fingerprint density at radius 3 is 2.57 bits per heavy atom. The Morgan fingerprint density at radius 2 is 1.90 bits per heavy atom. The van der Waals surface area contributed by atoms with Crippen molar-refractivity contribution >= 4 is 57.6 Å². The molecule has 5 rings (SSSR count). The average Bonchev–Trinajstić information content (AvgIpc) is 3.64. The van der Waals surface area contributed by atoms with Gasteiger partial charge < -0.3 is 20.1 Å². The van der Waals surface area contributed by atoms with E-state index in [1.165, 1.54) is 17.1 Å². The van der Waals surface area contributed by atoms with Gasteiger partial charge in [-0.15, -0.1) is 23.1 Å². The van der Waals surface area contributed by atoms with E-state index in [1.54, 1.807) is 34.4 Å². The standard InChI is InChI=1S/C25H23F3N6O6S2/c26-25(27,28)23(39)31-24-29-15(12-42-24)16(32-40-14-6-2-3-7-14)19(35)30-17-20(36)34-18(22(37)38)13(11-41-21(17)34)10-33-8-4-1-5-9-33/h1,4-5,8-9,12,14,17,21H,2-3,6-7,10-11H2,(H2-,29,30,31,35,37,38,39)/b32-16-/t17?,21-/m1/s1. The van der Waals surface area contributed by atoms with E-state index in [-0.39, 0.29) is 29.8 Å². The first-order valence-corrected chi connectivity index (χ1v) is 14.7. The van der Waals surface area contributed by atoms with Crippen LogP contribution in [0.15, 0.2) is 52.4 Å². The predicted molar refractivity (Wildman–Crippen MR) is 140 cm³/mol. The topological polar surface area (TPSA) is 157 Å². The van der Waals surface area contributed by atoms with E-state index in [4.69, 9.17) is 4.84 Å². The molecule has 1 saturated carbocycles. The summed E-state index contributed by atoms with van der Waals surface area (Å²) in [5.74, 6) is -5.08. The second-order valence-corrected chi connectivity index (χ2v) is 11.6. The van der Waals surface area contributed by atoms with Gasteiger partial charge in [-0.2, -0.15) is 13.2 Å². The Morgan fingerprint density at radius 1 is 1.19 bits per heavy atom. The van der Waals surface area contributed by atoms with Gasteiger partial charge in [-0.1, -0.05) is 11.2 Å². The number of β-lactam (4-membered cyclic amide) rings is 1. The van der Waals surface area contributed by atoms with Gasteiger partial charge in [-0.25, -0.2) is 9.55 Å². The monoisotopic (exact) mass is 624 g/mol. The highest BCUT2D eigenvalue weighted by molar-refractivity contribution is 8.00. The number of fused-ring (bicyclic) bond motifs is 1. The number of aromatic nitrogens is 2. The minimum absolute atomic E-state index is 0.176. The Labute approximate surface area is 244 Å². The molecule has 2 fully saturated rings. The van der Waals surface area contributed by atoms with Gasteiger partial charge in [-0.05, 0) is 25.7 Å². The lowest BCUT2D eigenvalue weighted by Gasteiger charge is -2.50. The second kappa shape index (κ2) is 12.1. The van der Waals surface area contributed by atoms with Gasteiger partial charge in [0.1, 0.15) is 23.2 Å². The number of pyridine rings is 1. The number of thiazole rings is 1. The van der Waals surface area contributed by atoms with Gasteiger partial charge in [0.25, 0.3) is 11.8 Å². The highest BCUT2D eigenvalue weighted by Crippen LogP contribution is 2.40. The van der Waals surface area contributed by atoms with Crippen LogP contribution in [0.3, 0.4) is 0 Å². The van der Waals surface area contributed by atoms with Crippen LogP contribution in [0.4, 0.5) is 18.3 Å². The third kappa shape index (κ3) is 6.25. The fourth-order valence-corrected chi connectivity index (χ4v) is 6.72. The summed E-state index contributed by atoms with van der Waals surface area (Å²) >= 11 is 1.90. The molecule has 0 spiro atoms. The molecule has 1 aliphatic carbocycles. The molecule has 17 heteroatoms. The lowest BCUT2D eigenvalue weighted by Crippen LogP contribution is -2.71. The lowest BCUT2D eigenvalue weighted by molar-refractivity contribution is -0.689. The van der Waals surface area contributed by atoms with Crippen LogP contribution >= 0.6 is 23.1 Å². The molecule has 0 radical (unpaired) electrons. The number of thioether (sulfide) groups is 1. The Bertz CT molecular complexity index is 1460. The molecule has 2 aromatic rings. The van der Waals surface area contributed by atoms with Crippen molar-refractivity contribution in [2.75, 3.05) is 11.1 Å². The number of carboxylic acid groups (broad SMARTS) is 1. The lowest BCUT2D eigenvalue weighted by atomic mass is 10.0. The summed E-state index contributed by atoms with van der Waals surface area (Å²) in [5, 5.41) is 20.2. The van der Waals surface area contributed by atoms with E-state index >= 15 is 0 Å². The van der Waals surface area contributed by atoms with E-state index in [9.17, 15) is 37.5 Å². The van der Waals surface area contributed by atoms with Crippen molar-refractivity contribution in [2.45, 2.75) is 55.9 Å². The second-order valence-electron chi connectivity index (χ2n) is 9.59. The molecule has 0 bridgehead atoms. The van der Waals surface area contributed by atoms with Gasteiger partial charge in [0, 0.05) is 28.8 Å². The quantitative estimate of drug-likeness (QED) is 0.179. The Hall–Kier alpha value is -3.99. The highest BCUT2D eigenvalue weighted by Gasteiger charge is 2.53. The fourth-order valence-electron chi connectivity index (χ4n) is 4.70. The molecule has 2 aromatic heterocycles. The molecule has 2 aliphatic heterocycles. The van der Waals surface area contributed by atoms with Crippen LogP contribution in [0.25, 0.3) is 0 Å². The average molecular weight is 625 g/mol. The molecule has 222 valence electrons. The van der Waals surface area contributed by atoms with Gasteiger partial charge in [0.15, 0.2) is 29.8 Å². The first kappa shape index (κ1) is 29.5. The van der Waals surface area contributed by atoms with Crippen LogP contribution in [0.2, 0.25) is 0 Å². The summed E-state index contributed by atoms with van der Waals surface area (Å²) in [7, 11) is 0. The van der Waals surface area contributed by atoms with Crippen molar-refractivity contribution in [1.29, 1.82) is 0 Å². The fraction of sp³-hybridized carbons (Fsp3) is 0.400. The highest BCUT2D eigenvalue weighted by atomic mass is 32.2. The normalized spacial score (nSPS) is 21.1. The van der Waals surface area contributed by atoms with E-state index in [1.807, 2.05) is 6.07 Å². The number of hydrogen-bond acceptors (Lipinski definition) is 10. The number of hydrogen-bond donors (Lipinski definition) is 2. The summed E-state index contributed by atoms with van der Waals surface area (Å²) in [6.07, 6.45) is 1.28. The van der Waals surface area contributed by atoms with Gasteiger partial charge in [0.2, 0.25) is 0 Å². The number of alkyl halides is 3. The zero-order valence-electron chi connectivity index (χ0n) is 21.6. The maximum atomic E-state index is 13.3. The maximum absolute atomic E-state index is 13.3. The van der Waals surface area contributed by atoms with Crippen LogP contribution in [-0.2, 0) is 30.6 Å². The SMILES string of the molecule is O=C([O-])C1=C(C[n+]2ccccc2)CS[C@@H]2C(NC(=O)/C(=N\OC3CCCC3)c3csc(NC(=O)C(F)(F)F)n3)C(=O)N12. The van der Waals surface area contributed by atoms with Crippen molar-refractivity contribution in [3.05, 3.63) is 52.9 Å². The molecule has 2 N–H and O–H groups in total. The van der Waals surface area contributed by atoms with E-state index < -0.39 is 52.1 Å². The van der Waals surface area contributed by atoms with E-state index in [0.717, 1.165) is 17.7 Å². The number of halogens is 3. The molecule has 42 heavy (non-hydrogen) atoms. The van der Waals surface area contributed by atoms with Gasteiger partial charge in [-0.3, -0.25) is 24.6 Å². The van der Waals surface area contributed by atoms with E-state index in [2.05, 4.69) is 15.5 Å². The van der Waals surface area contributed by atoms with Crippen molar-refractivity contribution in [3.63, 3.8) is 0 Å². The Balaban J connectivity index is 1.34. The van der Waals surface area contributed by atoms with Crippen LogP contribution in [0.1, 0.15) is 31.4 Å². The smallest absolute Gasteiger partial charge is 0.471 e. The first-order chi connectivity index (χ1) is 20.0. The molecule has 1 unspecified atom stereocenters. The number of carboxylic acids is 1. The summed E-state index contributed by atoms with van der Waals surface area (Å²) in [6.45, 7) is 0.219. The molecule has 0 aromatic carbocycles. The predicted octanol–water partition coefficient (Wildman–Crippen LogP) is 0.699. The van der Waals surface area contributed by atoms with Crippen LogP contribution in [-0.4, -0.2) is 68.7 Å². The number of carbonyl (C=O) groups is 4. The van der Waals surface area contributed by atoms with Gasteiger partial charge >= 0.3 is 12.1 Å². The number of amides is 3. The minimum atomic E-state index is -5.14. The molecular formula is C25H23F3N6O6S2. The number of anilines is 1. The number of nitrogens with zero attached hydrogens (tertiary/aromatic N) is 4. The summed E-state index contributed by atoms with van der Waals surface area (Å²) < 4.78 is 39.8. The zero-order chi connectivity index (χ0) is 30.0. The minimum Gasteiger partial charge on any atom is -0.543 e. The van der Waals surface area contributed by atoms with Crippen molar-refractivity contribution in [1.82, 2.24) is 15.2 Å². The number of aliphatic carboxylic acids is 1. The molecule has 3 aliphatic rings. The molecule has 4 heterocycles. The van der Waals surface area contributed by atoms with Crippen LogP contribution in [0.5, 0.6) is 0 Å². The van der Waals surface area contributed by atoms with Gasteiger partial charge in [0.05, 0.1) is 11.7 Å². The largest absolute Gasteiger partial charge is 0.543 e. The summed E-state index contributed by atoms with van der Waals surface area (Å²) in [5.41, 5.74) is -0.373. The van der Waals surface area contributed by atoms with Crippen LogP contribution < -0.4 is 20.3 Å². The van der Waals surface area contributed by atoms with Crippen molar-refractivity contribution < 1.29 is 46.9 Å². The van der Waals surface area contributed by atoms with Crippen molar-refractivity contribution in [2.24, 2.45) is 5.16 Å².